The lowest BCUT2D eigenvalue weighted by Gasteiger charge is -2.16. The molecule has 0 saturated heterocycles. The summed E-state index contributed by atoms with van der Waals surface area (Å²) in [4.78, 5) is 58.6. The molecule has 4 aromatic rings. The van der Waals surface area contributed by atoms with Crippen molar-refractivity contribution in [2.24, 2.45) is 0 Å². The van der Waals surface area contributed by atoms with Gasteiger partial charge in [0.2, 0.25) is 5.91 Å². The quantitative estimate of drug-likeness (QED) is 0.0946. The molecule has 258 valence electrons. The minimum atomic E-state index is -1.20. The number of rotatable bonds is 10. The number of anilines is 5. The SMILES string of the molecule is Cc1oc2c(NCO[C@H]3CNc4cc(/C=C/C(=O)O)cnc4NC3=O)cccc2c1CN(C)C(=O)/C=C/c1cnc2c(c1)NC[C@H](O)C(=O)N2. The van der Waals surface area contributed by atoms with Crippen molar-refractivity contribution in [1.29, 1.82) is 0 Å². The number of nitrogens with one attached hydrogen (secondary N) is 5. The molecule has 7 N–H and O–H groups in total. The number of carbonyl (C=O) groups excluding carboxylic acids is 3. The van der Waals surface area contributed by atoms with E-state index >= 15 is 0 Å². The lowest BCUT2D eigenvalue weighted by molar-refractivity contribution is -0.131. The second-order valence-corrected chi connectivity index (χ2v) is 11.6. The molecule has 16 heteroatoms. The van der Waals surface area contributed by atoms with Crippen LogP contribution < -0.4 is 26.6 Å². The number of carbonyl (C=O) groups is 4. The molecule has 16 nitrogen and oxygen atoms in total. The van der Waals surface area contributed by atoms with Gasteiger partial charge < -0.3 is 50.9 Å². The van der Waals surface area contributed by atoms with Crippen LogP contribution in [0.5, 0.6) is 0 Å². The molecule has 3 amide bonds. The van der Waals surface area contributed by atoms with Gasteiger partial charge in [-0.1, -0.05) is 12.1 Å². The van der Waals surface area contributed by atoms with Gasteiger partial charge in [-0.2, -0.15) is 0 Å². The van der Waals surface area contributed by atoms with Gasteiger partial charge in [-0.25, -0.2) is 14.8 Å². The van der Waals surface area contributed by atoms with E-state index in [9.17, 15) is 24.3 Å². The third kappa shape index (κ3) is 7.56. The number of nitrogens with zero attached hydrogens (tertiary/aromatic N) is 3. The van der Waals surface area contributed by atoms with Crippen LogP contribution >= 0.6 is 0 Å². The molecule has 0 unspecified atom stereocenters. The lowest BCUT2D eigenvalue weighted by atomic mass is 10.1. The number of benzene rings is 1. The monoisotopic (exact) mass is 682 g/mol. The van der Waals surface area contributed by atoms with Gasteiger partial charge >= 0.3 is 5.97 Å². The Hall–Kier alpha value is -6.26. The fraction of sp³-hybridized carbons (Fsp3) is 0.235. The summed E-state index contributed by atoms with van der Waals surface area (Å²) in [5, 5.41) is 34.0. The number of fused-ring (bicyclic) bond motifs is 3. The Kier molecular flexibility index (Phi) is 9.73. The second-order valence-electron chi connectivity index (χ2n) is 11.6. The number of para-hydroxylation sites is 1. The number of β-amino-alcohol motifs (C(OH)–C–C–N with tert-alkyl or cyclic N) is 1. The summed E-state index contributed by atoms with van der Waals surface area (Å²) in [5.41, 5.74) is 4.29. The third-order valence-electron chi connectivity index (χ3n) is 8.04. The molecule has 2 atom stereocenters. The Balaban J connectivity index is 1.06. The van der Waals surface area contributed by atoms with E-state index in [1.165, 1.54) is 24.5 Å². The van der Waals surface area contributed by atoms with Crippen molar-refractivity contribution in [3.05, 3.63) is 77.3 Å². The van der Waals surface area contributed by atoms with Crippen LogP contribution in [0.25, 0.3) is 23.1 Å². The second kappa shape index (κ2) is 14.5. The Bertz CT molecular complexity index is 2040. The van der Waals surface area contributed by atoms with E-state index in [1.807, 2.05) is 25.1 Å². The minimum absolute atomic E-state index is 0.0203. The number of carboxylic acids is 1. The molecule has 2 aliphatic rings. The number of aromatic nitrogens is 2. The summed E-state index contributed by atoms with van der Waals surface area (Å²) in [5.74, 6) is -1.02. The molecule has 0 fully saturated rings. The van der Waals surface area contributed by atoms with E-state index in [-0.39, 0.29) is 38.2 Å². The number of aliphatic hydroxyl groups is 1. The van der Waals surface area contributed by atoms with Gasteiger partial charge in [0.25, 0.3) is 11.8 Å². The zero-order valence-electron chi connectivity index (χ0n) is 27.0. The van der Waals surface area contributed by atoms with E-state index in [2.05, 4.69) is 36.6 Å². The summed E-state index contributed by atoms with van der Waals surface area (Å²) < 4.78 is 12.0. The summed E-state index contributed by atoms with van der Waals surface area (Å²) in [6.45, 7) is 2.27. The normalized spacial score (nSPS) is 17.2. The van der Waals surface area contributed by atoms with Gasteiger partial charge in [-0.15, -0.1) is 0 Å². The number of carboxylic acid groups (broad SMARTS) is 1. The van der Waals surface area contributed by atoms with Crippen LogP contribution in [-0.4, -0.2) is 87.8 Å². The van der Waals surface area contributed by atoms with Crippen LogP contribution in [0.15, 0.2) is 59.3 Å². The molecule has 50 heavy (non-hydrogen) atoms. The number of amides is 3. The zero-order valence-corrected chi connectivity index (χ0v) is 27.0. The smallest absolute Gasteiger partial charge is 0.328 e. The Morgan fingerprint density at radius 1 is 1.02 bits per heavy atom. The van der Waals surface area contributed by atoms with Gasteiger partial charge in [0.05, 0.1) is 23.6 Å². The fourth-order valence-corrected chi connectivity index (χ4v) is 5.36. The molecule has 3 aromatic heterocycles. The van der Waals surface area contributed by atoms with Crippen LogP contribution in [0.1, 0.15) is 22.5 Å². The van der Waals surface area contributed by atoms with Crippen molar-refractivity contribution in [1.82, 2.24) is 14.9 Å². The highest BCUT2D eigenvalue weighted by molar-refractivity contribution is 5.99. The van der Waals surface area contributed by atoms with Crippen molar-refractivity contribution in [2.75, 3.05) is 53.5 Å². The van der Waals surface area contributed by atoms with Crippen molar-refractivity contribution < 1.29 is 38.5 Å². The standard InChI is InChI=1S/C34H34N8O8/c1-18-22(16-42(2)28(44)8-6-19-10-24-31(37-12-19)40-33(47)26(43)14-35-24)21-4-3-5-23(30(21)50-18)39-17-49-27-15-36-25-11-20(7-9-29(45)46)13-38-32(25)41-34(27)48/h3-13,26-27,35-36,39,43H,14-17H2,1-2H3,(H,45,46)(H,37,40,47)(H,38,41,48)/b8-6+,9-7+/t26-,27-/m0/s1. The fourth-order valence-electron chi connectivity index (χ4n) is 5.36. The number of furan rings is 1. The third-order valence-corrected chi connectivity index (χ3v) is 8.04. The average Bonchev–Trinajstić information content (AvgIpc) is 3.22. The molecule has 0 radical (unpaired) electrons. The number of aliphatic carboxylic acids is 1. The van der Waals surface area contributed by atoms with E-state index in [1.54, 1.807) is 30.2 Å². The first-order chi connectivity index (χ1) is 24.0. The minimum Gasteiger partial charge on any atom is -0.478 e. The van der Waals surface area contributed by atoms with Gasteiger partial charge in [0.15, 0.2) is 23.3 Å². The van der Waals surface area contributed by atoms with Crippen molar-refractivity contribution in [2.45, 2.75) is 25.7 Å². The molecule has 1 aromatic carbocycles. The summed E-state index contributed by atoms with van der Waals surface area (Å²) >= 11 is 0. The first kappa shape index (κ1) is 33.6. The maximum absolute atomic E-state index is 13.1. The Morgan fingerprint density at radius 2 is 1.68 bits per heavy atom. The number of pyridine rings is 2. The number of ether oxygens (including phenoxy) is 1. The van der Waals surface area contributed by atoms with Gasteiger partial charge in [0, 0.05) is 55.6 Å². The number of hydrogen-bond donors (Lipinski definition) is 7. The first-order valence-electron chi connectivity index (χ1n) is 15.5. The molecular weight excluding hydrogens is 648 g/mol. The number of likely N-dealkylation sites (N-methyl/N-ethyl adjacent to an activating group) is 1. The maximum Gasteiger partial charge on any atom is 0.328 e. The molecule has 0 saturated carbocycles. The topological polar surface area (TPSA) is 220 Å². The summed E-state index contributed by atoms with van der Waals surface area (Å²) in [6, 6.07) is 8.99. The molecule has 6 rings (SSSR count). The predicted octanol–water partition coefficient (Wildman–Crippen LogP) is 2.84. The molecule has 5 heterocycles. The number of hydrogen-bond acceptors (Lipinski definition) is 12. The molecular formula is C34H34N8O8. The Labute approximate surface area is 285 Å². The number of aryl methyl sites for hydroxylation is 1. The Morgan fingerprint density at radius 3 is 2.38 bits per heavy atom. The van der Waals surface area contributed by atoms with Crippen LogP contribution in [0, 0.1) is 6.92 Å². The van der Waals surface area contributed by atoms with Crippen molar-refractivity contribution in [3.8, 4) is 0 Å². The van der Waals surface area contributed by atoms with Gasteiger partial charge in [-0.3, -0.25) is 14.4 Å². The predicted molar refractivity (Wildman–Crippen MR) is 185 cm³/mol. The van der Waals surface area contributed by atoms with E-state index in [4.69, 9.17) is 14.3 Å². The highest BCUT2D eigenvalue weighted by Crippen LogP contribution is 2.32. The van der Waals surface area contributed by atoms with Crippen LogP contribution in [0.4, 0.5) is 28.7 Å². The van der Waals surface area contributed by atoms with E-state index in [0.717, 1.165) is 17.0 Å². The molecule has 0 bridgehead atoms. The van der Waals surface area contributed by atoms with Gasteiger partial charge in [0.1, 0.15) is 18.6 Å². The zero-order chi connectivity index (χ0) is 35.4. The largest absolute Gasteiger partial charge is 0.478 e. The highest BCUT2D eigenvalue weighted by atomic mass is 16.5. The average molecular weight is 683 g/mol. The summed E-state index contributed by atoms with van der Waals surface area (Å²) in [7, 11) is 1.68. The lowest BCUT2D eigenvalue weighted by Crippen LogP contribution is -2.35. The molecule has 0 spiro atoms. The van der Waals surface area contributed by atoms with Crippen molar-refractivity contribution >= 4 is 75.5 Å². The van der Waals surface area contributed by atoms with Crippen molar-refractivity contribution in [3.63, 3.8) is 0 Å². The van der Waals surface area contributed by atoms with E-state index in [0.29, 0.717) is 51.2 Å². The molecule has 2 aliphatic heterocycles. The number of aliphatic hydroxyl groups excluding tert-OH is 1. The highest BCUT2D eigenvalue weighted by Gasteiger charge is 2.26. The maximum atomic E-state index is 13.1. The van der Waals surface area contributed by atoms with E-state index < -0.39 is 24.1 Å². The van der Waals surface area contributed by atoms with Crippen LogP contribution in [-0.2, 0) is 30.5 Å². The summed E-state index contributed by atoms with van der Waals surface area (Å²) in [6.07, 6.45) is 6.38. The first-order valence-corrected chi connectivity index (χ1v) is 15.5. The van der Waals surface area contributed by atoms with Crippen LogP contribution in [0.3, 0.4) is 0 Å². The van der Waals surface area contributed by atoms with Gasteiger partial charge in [-0.05, 0) is 48.4 Å². The molecule has 0 aliphatic carbocycles. The van der Waals surface area contributed by atoms with Crippen LogP contribution in [0.2, 0.25) is 0 Å².